The zero-order chi connectivity index (χ0) is 8.69. The van der Waals surface area contributed by atoms with Crippen LogP contribution in [0, 0.1) is 10.1 Å². The summed E-state index contributed by atoms with van der Waals surface area (Å²) in [5, 5.41) is 9.88. The van der Waals surface area contributed by atoms with Crippen LogP contribution in [0.3, 0.4) is 0 Å². The molecule has 11 heavy (non-hydrogen) atoms. The van der Waals surface area contributed by atoms with Crippen LogP contribution < -0.4 is 0 Å². The lowest BCUT2D eigenvalue weighted by molar-refractivity contribution is -0.481. The Bertz CT molecular complexity index is 113. The molecule has 0 fully saturated rings. The maximum absolute atomic E-state index is 9.88. The van der Waals surface area contributed by atoms with E-state index in [1.165, 1.54) is 14.2 Å². The summed E-state index contributed by atoms with van der Waals surface area (Å²) in [5.41, 5.74) is 0. The van der Waals surface area contributed by atoms with E-state index in [4.69, 9.17) is 9.47 Å². The molecule has 0 heterocycles. The van der Waals surface area contributed by atoms with Gasteiger partial charge in [-0.15, -0.1) is 0 Å². The third-order valence-corrected chi connectivity index (χ3v) is 1.31. The van der Waals surface area contributed by atoms with E-state index in [9.17, 15) is 10.1 Å². The highest BCUT2D eigenvalue weighted by molar-refractivity contribution is 4.42. The van der Waals surface area contributed by atoms with E-state index in [1.807, 2.05) is 0 Å². The summed E-state index contributed by atoms with van der Waals surface area (Å²) < 4.78 is 9.67. The van der Waals surface area contributed by atoms with Gasteiger partial charge in [0.2, 0.25) is 6.54 Å². The Morgan fingerprint density at radius 3 is 2.36 bits per heavy atom. The number of nitro groups is 1. The second-order valence-corrected chi connectivity index (χ2v) is 2.10. The van der Waals surface area contributed by atoms with Gasteiger partial charge in [-0.2, -0.15) is 0 Å². The number of methoxy groups -OCH3 is 2. The van der Waals surface area contributed by atoms with E-state index in [0.717, 1.165) is 0 Å². The fourth-order valence-electron chi connectivity index (χ4n) is 0.719. The summed E-state index contributed by atoms with van der Waals surface area (Å²) in [4.78, 5) is 9.54. The molecule has 0 aliphatic heterocycles. The van der Waals surface area contributed by atoms with Gasteiger partial charge in [-0.3, -0.25) is 10.1 Å². The van der Waals surface area contributed by atoms with Crippen LogP contribution in [0.15, 0.2) is 0 Å². The Morgan fingerprint density at radius 2 is 2.00 bits per heavy atom. The average Bonchev–Trinajstić information content (AvgIpc) is 1.98. The first-order chi connectivity index (χ1) is 5.20. The monoisotopic (exact) mass is 163 g/mol. The highest BCUT2D eigenvalue weighted by Gasteiger charge is 2.06. The normalized spacial score (nSPS) is 10.5. The number of hydrogen-bond acceptors (Lipinski definition) is 4. The third-order valence-electron chi connectivity index (χ3n) is 1.31. The number of hydrogen-bond donors (Lipinski definition) is 0. The van der Waals surface area contributed by atoms with Crippen LogP contribution >= 0.6 is 0 Å². The van der Waals surface area contributed by atoms with Gasteiger partial charge < -0.3 is 9.47 Å². The molecule has 0 N–H and O–H groups in total. The largest absolute Gasteiger partial charge is 0.356 e. The van der Waals surface area contributed by atoms with Crippen molar-refractivity contribution in [2.45, 2.75) is 19.1 Å². The standard InChI is InChI=1S/C6H13NO4/c1-10-6(11-2)4-3-5-7(8)9/h6H,3-5H2,1-2H3. The molecule has 0 saturated heterocycles. The molecule has 0 radical (unpaired) electrons. The predicted octanol–water partition coefficient (Wildman–Crippen LogP) is 0.662. The topological polar surface area (TPSA) is 61.6 Å². The van der Waals surface area contributed by atoms with E-state index in [2.05, 4.69) is 0 Å². The molecular weight excluding hydrogens is 150 g/mol. The van der Waals surface area contributed by atoms with Gasteiger partial charge in [0.05, 0.1) is 0 Å². The summed E-state index contributed by atoms with van der Waals surface area (Å²) in [7, 11) is 3.03. The first-order valence-corrected chi connectivity index (χ1v) is 3.38. The lowest BCUT2D eigenvalue weighted by atomic mass is 10.3. The highest BCUT2D eigenvalue weighted by atomic mass is 16.7. The first-order valence-electron chi connectivity index (χ1n) is 3.38. The van der Waals surface area contributed by atoms with E-state index in [1.54, 1.807) is 0 Å². The molecule has 66 valence electrons. The summed E-state index contributed by atoms with van der Waals surface area (Å²) in [6.07, 6.45) is 0.739. The summed E-state index contributed by atoms with van der Waals surface area (Å²) in [6.45, 7) is -0.0246. The Labute approximate surface area is 65.4 Å². The quantitative estimate of drug-likeness (QED) is 0.328. The molecule has 0 atom stereocenters. The fourth-order valence-corrected chi connectivity index (χ4v) is 0.719. The van der Waals surface area contributed by atoms with Crippen molar-refractivity contribution in [2.24, 2.45) is 0 Å². The molecule has 0 aliphatic rings. The van der Waals surface area contributed by atoms with Gasteiger partial charge in [0, 0.05) is 32.0 Å². The fraction of sp³-hybridized carbons (Fsp3) is 1.00. The van der Waals surface area contributed by atoms with E-state index >= 15 is 0 Å². The van der Waals surface area contributed by atoms with Crippen LogP contribution in [0.1, 0.15) is 12.8 Å². The van der Waals surface area contributed by atoms with Crippen molar-refractivity contribution in [1.29, 1.82) is 0 Å². The van der Waals surface area contributed by atoms with Gasteiger partial charge in [0.25, 0.3) is 0 Å². The number of ether oxygens (including phenoxy) is 2. The van der Waals surface area contributed by atoms with Crippen LogP contribution in [0.5, 0.6) is 0 Å². The average molecular weight is 163 g/mol. The Balaban J connectivity index is 3.28. The lowest BCUT2D eigenvalue weighted by Gasteiger charge is -2.10. The lowest BCUT2D eigenvalue weighted by Crippen LogP contribution is -2.14. The Hall–Kier alpha value is -0.680. The Morgan fingerprint density at radius 1 is 1.45 bits per heavy atom. The van der Waals surface area contributed by atoms with Gasteiger partial charge in [0.15, 0.2) is 6.29 Å². The summed E-state index contributed by atoms with van der Waals surface area (Å²) in [6, 6.07) is 0. The van der Waals surface area contributed by atoms with Crippen molar-refractivity contribution in [2.75, 3.05) is 20.8 Å². The van der Waals surface area contributed by atoms with Crippen molar-refractivity contribution in [1.82, 2.24) is 0 Å². The Kier molecular flexibility index (Phi) is 5.68. The summed E-state index contributed by atoms with van der Waals surface area (Å²) in [5.74, 6) is 0. The van der Waals surface area contributed by atoms with Crippen LogP contribution in [0.2, 0.25) is 0 Å². The van der Waals surface area contributed by atoms with Gasteiger partial charge in [-0.1, -0.05) is 0 Å². The zero-order valence-electron chi connectivity index (χ0n) is 6.78. The van der Waals surface area contributed by atoms with Crippen LogP contribution in [-0.2, 0) is 9.47 Å². The molecule has 0 aromatic rings. The van der Waals surface area contributed by atoms with E-state index < -0.39 is 0 Å². The molecule has 0 spiro atoms. The minimum Gasteiger partial charge on any atom is -0.356 e. The minimum absolute atomic E-state index is 0.0246. The molecular formula is C6H13NO4. The molecule has 0 saturated carbocycles. The molecule has 0 rings (SSSR count). The van der Waals surface area contributed by atoms with Gasteiger partial charge in [-0.25, -0.2) is 0 Å². The van der Waals surface area contributed by atoms with Gasteiger partial charge >= 0.3 is 0 Å². The predicted molar refractivity (Wildman–Crippen MR) is 38.9 cm³/mol. The molecule has 0 aliphatic carbocycles. The third kappa shape index (κ3) is 5.75. The number of rotatable bonds is 6. The smallest absolute Gasteiger partial charge is 0.204 e. The minimum atomic E-state index is -0.345. The van der Waals surface area contributed by atoms with Crippen molar-refractivity contribution in [3.63, 3.8) is 0 Å². The molecule has 0 bridgehead atoms. The SMILES string of the molecule is COC(CCC[N+](=O)[O-])OC. The van der Waals surface area contributed by atoms with Crippen LogP contribution in [0.4, 0.5) is 0 Å². The van der Waals surface area contributed by atoms with Crippen molar-refractivity contribution in [3.05, 3.63) is 10.1 Å². The molecule has 0 aromatic carbocycles. The molecule has 5 heteroatoms. The van der Waals surface area contributed by atoms with Crippen molar-refractivity contribution < 1.29 is 14.4 Å². The van der Waals surface area contributed by atoms with Crippen LogP contribution in [-0.4, -0.2) is 32.0 Å². The molecule has 0 aromatic heterocycles. The van der Waals surface area contributed by atoms with Gasteiger partial charge in [0.1, 0.15) is 0 Å². The first kappa shape index (κ1) is 10.3. The second kappa shape index (κ2) is 6.06. The number of nitrogens with zero attached hydrogens (tertiary/aromatic N) is 1. The van der Waals surface area contributed by atoms with Crippen LogP contribution in [0.25, 0.3) is 0 Å². The van der Waals surface area contributed by atoms with Gasteiger partial charge in [-0.05, 0) is 0 Å². The second-order valence-electron chi connectivity index (χ2n) is 2.10. The van der Waals surface area contributed by atoms with E-state index in [0.29, 0.717) is 12.8 Å². The zero-order valence-corrected chi connectivity index (χ0v) is 6.78. The van der Waals surface area contributed by atoms with E-state index in [-0.39, 0.29) is 17.8 Å². The van der Waals surface area contributed by atoms with Crippen molar-refractivity contribution >= 4 is 0 Å². The summed E-state index contributed by atoms with van der Waals surface area (Å²) >= 11 is 0. The maximum atomic E-state index is 9.88. The molecule has 5 nitrogen and oxygen atoms in total. The maximum Gasteiger partial charge on any atom is 0.204 e. The van der Waals surface area contributed by atoms with Crippen molar-refractivity contribution in [3.8, 4) is 0 Å². The molecule has 0 unspecified atom stereocenters. The highest BCUT2D eigenvalue weighted by Crippen LogP contribution is 2.01. The molecule has 0 amide bonds.